The van der Waals surface area contributed by atoms with Gasteiger partial charge in [-0.05, 0) is 18.2 Å². The van der Waals surface area contributed by atoms with E-state index in [1.165, 1.54) is 6.07 Å². The summed E-state index contributed by atoms with van der Waals surface area (Å²) < 4.78 is 0. The molecule has 19 heavy (non-hydrogen) atoms. The number of aliphatic carboxylic acids is 1. The van der Waals surface area contributed by atoms with Crippen LogP contribution in [0.5, 0.6) is 11.5 Å². The van der Waals surface area contributed by atoms with Crippen LogP contribution in [0.2, 0.25) is 0 Å². The maximum absolute atomic E-state index is 11.7. The molecule has 0 aliphatic rings. The van der Waals surface area contributed by atoms with Crippen LogP contribution >= 0.6 is 0 Å². The number of phenolic OH excluding ortho intramolecular Hbond substituents is 2. The van der Waals surface area contributed by atoms with Gasteiger partial charge in [0.05, 0.1) is 6.42 Å². The van der Waals surface area contributed by atoms with E-state index in [2.05, 4.69) is 5.32 Å². The first-order chi connectivity index (χ1) is 8.81. The van der Waals surface area contributed by atoms with Crippen molar-refractivity contribution in [2.45, 2.75) is 12.5 Å². The minimum Gasteiger partial charge on any atom is -0.504 e. The van der Waals surface area contributed by atoms with Gasteiger partial charge in [0.25, 0.3) is 5.91 Å². The summed E-state index contributed by atoms with van der Waals surface area (Å²) in [6, 6.07) is 1.77. The van der Waals surface area contributed by atoms with Gasteiger partial charge in [0.2, 0.25) is 5.91 Å². The van der Waals surface area contributed by atoms with Gasteiger partial charge in [0, 0.05) is 5.56 Å². The van der Waals surface area contributed by atoms with Gasteiger partial charge in [-0.15, -0.1) is 0 Å². The lowest BCUT2D eigenvalue weighted by molar-refractivity contribution is -0.140. The van der Waals surface area contributed by atoms with Crippen molar-refractivity contribution >= 4 is 17.8 Å². The van der Waals surface area contributed by atoms with Gasteiger partial charge < -0.3 is 26.4 Å². The monoisotopic (exact) mass is 268 g/mol. The number of carboxylic acid groups (broad SMARTS) is 1. The lowest BCUT2D eigenvalue weighted by Gasteiger charge is -2.13. The third-order valence-corrected chi connectivity index (χ3v) is 2.25. The van der Waals surface area contributed by atoms with Crippen LogP contribution in [-0.2, 0) is 9.59 Å². The molecule has 0 heterocycles. The molecule has 0 aromatic heterocycles. The number of primary amides is 1. The summed E-state index contributed by atoms with van der Waals surface area (Å²) >= 11 is 0. The Labute approximate surface area is 107 Å². The molecule has 0 radical (unpaired) electrons. The third-order valence-electron chi connectivity index (χ3n) is 2.25. The zero-order valence-corrected chi connectivity index (χ0v) is 9.66. The molecule has 1 aromatic carbocycles. The highest BCUT2D eigenvalue weighted by atomic mass is 16.4. The molecular formula is C11H12N2O6. The molecule has 0 saturated carbocycles. The number of carboxylic acids is 1. The molecule has 6 N–H and O–H groups in total. The number of carbonyl (C=O) groups is 3. The van der Waals surface area contributed by atoms with Crippen molar-refractivity contribution in [3.63, 3.8) is 0 Å². The van der Waals surface area contributed by atoms with E-state index in [1.54, 1.807) is 0 Å². The second-order valence-electron chi connectivity index (χ2n) is 3.74. The van der Waals surface area contributed by atoms with E-state index in [0.717, 1.165) is 12.1 Å². The minimum atomic E-state index is -1.46. The Morgan fingerprint density at radius 1 is 1.21 bits per heavy atom. The Balaban J connectivity index is 2.84. The third kappa shape index (κ3) is 3.87. The molecule has 0 unspecified atom stereocenters. The maximum atomic E-state index is 11.7. The summed E-state index contributed by atoms with van der Waals surface area (Å²) in [5.41, 5.74) is 4.80. The normalized spacial score (nSPS) is 11.6. The van der Waals surface area contributed by atoms with E-state index in [0.29, 0.717) is 0 Å². The van der Waals surface area contributed by atoms with Crippen molar-refractivity contribution in [3.05, 3.63) is 23.8 Å². The van der Waals surface area contributed by atoms with E-state index in [-0.39, 0.29) is 5.56 Å². The number of rotatable bonds is 5. The van der Waals surface area contributed by atoms with E-state index >= 15 is 0 Å². The average molecular weight is 268 g/mol. The highest BCUT2D eigenvalue weighted by Gasteiger charge is 2.23. The van der Waals surface area contributed by atoms with Crippen LogP contribution < -0.4 is 11.1 Å². The summed E-state index contributed by atoms with van der Waals surface area (Å²) in [7, 11) is 0. The molecule has 2 amide bonds. The van der Waals surface area contributed by atoms with Crippen molar-refractivity contribution in [1.29, 1.82) is 0 Å². The van der Waals surface area contributed by atoms with E-state index in [4.69, 9.17) is 15.9 Å². The molecule has 0 saturated heterocycles. The summed E-state index contributed by atoms with van der Waals surface area (Å²) in [5.74, 6) is -4.03. The van der Waals surface area contributed by atoms with Gasteiger partial charge in [-0.2, -0.15) is 0 Å². The molecule has 1 atom stereocenters. The number of hydrogen-bond acceptors (Lipinski definition) is 5. The van der Waals surface area contributed by atoms with Gasteiger partial charge in [-0.25, -0.2) is 4.79 Å². The number of nitrogens with one attached hydrogen (secondary N) is 1. The Kier molecular flexibility index (Phi) is 4.30. The fourth-order valence-electron chi connectivity index (χ4n) is 1.31. The first-order valence-electron chi connectivity index (χ1n) is 5.15. The van der Waals surface area contributed by atoms with E-state index in [9.17, 15) is 19.5 Å². The van der Waals surface area contributed by atoms with Crippen molar-refractivity contribution < 1.29 is 29.7 Å². The first-order valence-corrected chi connectivity index (χ1v) is 5.15. The first kappa shape index (κ1) is 14.3. The zero-order valence-electron chi connectivity index (χ0n) is 9.66. The molecule has 0 spiro atoms. The maximum Gasteiger partial charge on any atom is 0.326 e. The molecule has 0 aliphatic heterocycles. The molecule has 8 nitrogen and oxygen atoms in total. The number of aromatic hydroxyl groups is 2. The predicted octanol–water partition coefficient (Wildman–Crippen LogP) is -0.844. The van der Waals surface area contributed by atoms with Gasteiger partial charge in [-0.1, -0.05) is 0 Å². The van der Waals surface area contributed by atoms with Gasteiger partial charge >= 0.3 is 5.97 Å². The number of carbonyl (C=O) groups excluding carboxylic acids is 2. The number of hydrogen-bond donors (Lipinski definition) is 5. The quantitative estimate of drug-likeness (QED) is 0.439. The summed E-state index contributed by atoms with van der Waals surface area (Å²) in [6.45, 7) is 0. The van der Waals surface area contributed by atoms with Crippen molar-refractivity contribution in [2.75, 3.05) is 0 Å². The molecule has 0 fully saturated rings. The van der Waals surface area contributed by atoms with Crippen LogP contribution in [0.4, 0.5) is 0 Å². The van der Waals surface area contributed by atoms with Crippen LogP contribution in [0.15, 0.2) is 18.2 Å². The predicted molar refractivity (Wildman–Crippen MR) is 62.5 cm³/mol. The van der Waals surface area contributed by atoms with Gasteiger partial charge in [0.1, 0.15) is 6.04 Å². The SMILES string of the molecule is NC(=O)C[C@@H](NC(=O)c1ccc(O)c(O)c1)C(=O)O. The number of amides is 2. The molecule has 0 aliphatic carbocycles. The molecular weight excluding hydrogens is 256 g/mol. The number of benzene rings is 1. The second kappa shape index (κ2) is 5.71. The zero-order chi connectivity index (χ0) is 14.6. The molecule has 1 rings (SSSR count). The summed E-state index contributed by atoms with van der Waals surface area (Å²) in [4.78, 5) is 33.2. The summed E-state index contributed by atoms with van der Waals surface area (Å²) in [6.07, 6.45) is -0.550. The smallest absolute Gasteiger partial charge is 0.326 e. The number of phenols is 2. The lowest BCUT2D eigenvalue weighted by Crippen LogP contribution is -2.43. The molecule has 1 aromatic rings. The molecule has 8 heteroatoms. The Bertz CT molecular complexity index is 528. The summed E-state index contributed by atoms with van der Waals surface area (Å²) in [5, 5.41) is 29.2. The lowest BCUT2D eigenvalue weighted by atomic mass is 10.1. The Morgan fingerprint density at radius 3 is 2.32 bits per heavy atom. The highest BCUT2D eigenvalue weighted by molar-refractivity contribution is 5.98. The van der Waals surface area contributed by atoms with Crippen LogP contribution in [0.1, 0.15) is 16.8 Å². The van der Waals surface area contributed by atoms with Crippen LogP contribution in [0.25, 0.3) is 0 Å². The Hall–Kier alpha value is -2.77. The Morgan fingerprint density at radius 2 is 1.84 bits per heavy atom. The number of nitrogens with two attached hydrogens (primary N) is 1. The minimum absolute atomic E-state index is 0.0639. The highest BCUT2D eigenvalue weighted by Crippen LogP contribution is 2.24. The van der Waals surface area contributed by atoms with Gasteiger partial charge in [-0.3, -0.25) is 9.59 Å². The largest absolute Gasteiger partial charge is 0.504 e. The van der Waals surface area contributed by atoms with Crippen molar-refractivity contribution in [1.82, 2.24) is 5.32 Å². The van der Waals surface area contributed by atoms with Gasteiger partial charge in [0.15, 0.2) is 11.5 Å². The van der Waals surface area contributed by atoms with Crippen molar-refractivity contribution in [3.8, 4) is 11.5 Å². The van der Waals surface area contributed by atoms with E-state index in [1.807, 2.05) is 0 Å². The standard InChI is InChI=1S/C11H12N2O6/c12-9(16)4-6(11(18)19)13-10(17)5-1-2-7(14)8(15)3-5/h1-3,6,14-15H,4H2,(H2,12,16)(H,13,17)(H,18,19)/t6-/m1/s1. The fourth-order valence-corrected chi connectivity index (χ4v) is 1.31. The topological polar surface area (TPSA) is 150 Å². The van der Waals surface area contributed by atoms with Crippen molar-refractivity contribution in [2.24, 2.45) is 5.73 Å². The van der Waals surface area contributed by atoms with E-state index < -0.39 is 41.7 Å². The molecule has 102 valence electrons. The fraction of sp³-hybridized carbons (Fsp3) is 0.182. The second-order valence-corrected chi connectivity index (χ2v) is 3.74. The van der Waals surface area contributed by atoms with Crippen LogP contribution in [0, 0.1) is 0 Å². The molecule has 0 bridgehead atoms. The van der Waals surface area contributed by atoms with Crippen LogP contribution in [-0.4, -0.2) is 39.1 Å². The van der Waals surface area contributed by atoms with Crippen LogP contribution in [0.3, 0.4) is 0 Å². The average Bonchev–Trinajstić information content (AvgIpc) is 2.31.